The fourth-order valence-corrected chi connectivity index (χ4v) is 3.69. The molecule has 21 heavy (non-hydrogen) atoms. The third-order valence-electron chi connectivity index (χ3n) is 3.80. The Labute approximate surface area is 127 Å². The van der Waals surface area contributed by atoms with Crippen LogP contribution in [0, 0.1) is 10.1 Å². The van der Waals surface area contributed by atoms with Gasteiger partial charge in [-0.1, -0.05) is 18.9 Å². The number of anilines is 1. The first-order chi connectivity index (χ1) is 10.0. The van der Waals surface area contributed by atoms with Gasteiger partial charge in [-0.15, -0.1) is 0 Å². The van der Waals surface area contributed by atoms with E-state index in [0.717, 1.165) is 25.7 Å². The van der Waals surface area contributed by atoms with E-state index in [0.29, 0.717) is 5.25 Å². The minimum Gasteiger partial charge on any atom is -0.478 e. The molecule has 1 aliphatic carbocycles. The van der Waals surface area contributed by atoms with E-state index in [4.69, 9.17) is 0 Å². The van der Waals surface area contributed by atoms with Gasteiger partial charge in [0.15, 0.2) is 0 Å². The lowest BCUT2D eigenvalue weighted by Crippen LogP contribution is -2.35. The largest absolute Gasteiger partial charge is 0.478 e. The van der Waals surface area contributed by atoms with E-state index < -0.39 is 10.9 Å². The van der Waals surface area contributed by atoms with Crippen LogP contribution in [0.3, 0.4) is 0 Å². The minimum absolute atomic E-state index is 0.0466. The molecule has 0 saturated heterocycles. The Morgan fingerprint density at radius 3 is 2.76 bits per heavy atom. The Morgan fingerprint density at radius 2 is 2.14 bits per heavy atom. The molecule has 7 heteroatoms. The van der Waals surface area contributed by atoms with Gasteiger partial charge in [0.1, 0.15) is 5.69 Å². The summed E-state index contributed by atoms with van der Waals surface area (Å²) in [6.07, 6.45) is 6.16. The number of nitrogens with one attached hydrogen (secondary N) is 1. The summed E-state index contributed by atoms with van der Waals surface area (Å²) < 4.78 is 0. The summed E-state index contributed by atoms with van der Waals surface area (Å²) in [6, 6.07) is 4.20. The van der Waals surface area contributed by atoms with Gasteiger partial charge in [0.05, 0.1) is 10.5 Å². The number of benzene rings is 1. The number of hydrogen-bond donors (Lipinski definition) is 2. The number of para-hydroxylation sites is 1. The Morgan fingerprint density at radius 1 is 1.43 bits per heavy atom. The maximum atomic E-state index is 11.3. The molecule has 2 N–H and O–H groups in total. The third-order valence-corrected chi connectivity index (χ3v) is 4.97. The van der Waals surface area contributed by atoms with Crippen molar-refractivity contribution in [1.29, 1.82) is 0 Å². The fraction of sp³-hybridized carbons (Fsp3) is 0.500. The van der Waals surface area contributed by atoms with Crippen LogP contribution in [0.5, 0.6) is 0 Å². The van der Waals surface area contributed by atoms with Crippen LogP contribution in [0.2, 0.25) is 0 Å². The third kappa shape index (κ3) is 3.47. The zero-order valence-electron chi connectivity index (χ0n) is 11.7. The van der Waals surface area contributed by atoms with Gasteiger partial charge < -0.3 is 10.4 Å². The van der Waals surface area contributed by atoms with Crippen LogP contribution in [-0.4, -0.2) is 33.5 Å². The highest BCUT2D eigenvalue weighted by atomic mass is 32.2. The highest BCUT2D eigenvalue weighted by Gasteiger charge is 2.29. The molecular formula is C14H18N2O4S. The van der Waals surface area contributed by atoms with Crippen molar-refractivity contribution in [3.05, 3.63) is 33.9 Å². The summed E-state index contributed by atoms with van der Waals surface area (Å²) in [5.41, 5.74) is -0.101. The van der Waals surface area contributed by atoms with Gasteiger partial charge in [-0.3, -0.25) is 10.1 Å². The first-order valence-corrected chi connectivity index (χ1v) is 8.13. The van der Waals surface area contributed by atoms with Crippen molar-refractivity contribution in [2.45, 2.75) is 37.0 Å². The number of nitro benzene ring substituents is 1. The predicted molar refractivity (Wildman–Crippen MR) is 83.2 cm³/mol. The molecule has 0 amide bonds. The Kier molecular flexibility index (Phi) is 5.06. The number of nitrogens with zero attached hydrogens (tertiary/aromatic N) is 1. The van der Waals surface area contributed by atoms with Gasteiger partial charge in [0, 0.05) is 17.4 Å². The van der Waals surface area contributed by atoms with Crippen molar-refractivity contribution in [3.8, 4) is 0 Å². The molecule has 6 nitrogen and oxygen atoms in total. The van der Waals surface area contributed by atoms with E-state index >= 15 is 0 Å². The van der Waals surface area contributed by atoms with Crippen molar-refractivity contribution in [2.75, 3.05) is 11.6 Å². The molecule has 2 unspecified atom stereocenters. The van der Waals surface area contributed by atoms with Crippen LogP contribution < -0.4 is 5.32 Å². The van der Waals surface area contributed by atoms with Crippen molar-refractivity contribution in [1.82, 2.24) is 0 Å². The van der Waals surface area contributed by atoms with Gasteiger partial charge in [-0.05, 0) is 25.2 Å². The van der Waals surface area contributed by atoms with Crippen LogP contribution in [0.1, 0.15) is 36.0 Å². The zero-order valence-corrected chi connectivity index (χ0v) is 12.6. The fourth-order valence-electron chi connectivity index (χ4n) is 2.75. The zero-order chi connectivity index (χ0) is 15.4. The second kappa shape index (κ2) is 6.80. The van der Waals surface area contributed by atoms with Gasteiger partial charge in [0.2, 0.25) is 0 Å². The number of carbonyl (C=O) groups is 1. The number of rotatable bonds is 5. The van der Waals surface area contributed by atoms with Gasteiger partial charge in [-0.2, -0.15) is 11.8 Å². The topological polar surface area (TPSA) is 92.5 Å². The second-order valence-electron chi connectivity index (χ2n) is 5.07. The lowest BCUT2D eigenvalue weighted by atomic mass is 9.94. The number of nitro groups is 1. The van der Waals surface area contributed by atoms with Crippen molar-refractivity contribution >= 4 is 29.1 Å². The second-order valence-corrected chi connectivity index (χ2v) is 6.15. The van der Waals surface area contributed by atoms with Gasteiger partial charge in [-0.25, -0.2) is 4.79 Å². The number of aromatic carboxylic acids is 1. The number of thioether (sulfide) groups is 1. The van der Waals surface area contributed by atoms with Crippen LogP contribution in [0.15, 0.2) is 18.2 Å². The first kappa shape index (κ1) is 15.6. The van der Waals surface area contributed by atoms with Crippen LogP contribution in [-0.2, 0) is 0 Å². The average Bonchev–Trinajstić information content (AvgIpc) is 2.47. The van der Waals surface area contributed by atoms with Gasteiger partial charge in [0.25, 0.3) is 5.69 Å². The maximum absolute atomic E-state index is 11.3. The summed E-state index contributed by atoms with van der Waals surface area (Å²) in [4.78, 5) is 21.9. The normalized spacial score (nSPS) is 21.8. The van der Waals surface area contributed by atoms with E-state index in [1.54, 1.807) is 11.8 Å². The summed E-state index contributed by atoms with van der Waals surface area (Å²) >= 11 is 1.72. The highest BCUT2D eigenvalue weighted by molar-refractivity contribution is 7.99. The molecule has 1 fully saturated rings. The summed E-state index contributed by atoms with van der Waals surface area (Å²) in [7, 11) is 0. The van der Waals surface area contributed by atoms with Crippen molar-refractivity contribution in [2.24, 2.45) is 0 Å². The smallest absolute Gasteiger partial charge is 0.338 e. The molecule has 1 saturated carbocycles. The number of carboxylic acids is 1. The Hall–Kier alpha value is -1.76. The standard InChI is InChI=1S/C14H18N2O4S/c1-21-12-8-3-2-6-10(12)15-13-9(14(17)18)5-4-7-11(13)16(19)20/h4-5,7,10,12,15H,2-3,6,8H2,1H3,(H,17,18). The Bertz CT molecular complexity index is 518. The highest BCUT2D eigenvalue weighted by Crippen LogP contribution is 2.34. The maximum Gasteiger partial charge on any atom is 0.338 e. The lowest BCUT2D eigenvalue weighted by molar-refractivity contribution is -0.384. The summed E-state index contributed by atoms with van der Waals surface area (Å²) in [6.45, 7) is 0. The Balaban J connectivity index is 2.36. The van der Waals surface area contributed by atoms with Crippen molar-refractivity contribution < 1.29 is 14.8 Å². The molecule has 0 bridgehead atoms. The molecule has 0 spiro atoms. The predicted octanol–water partition coefficient (Wildman–Crippen LogP) is 3.38. The molecule has 0 aliphatic heterocycles. The van der Waals surface area contributed by atoms with E-state index in [9.17, 15) is 20.0 Å². The average molecular weight is 310 g/mol. The molecule has 0 radical (unpaired) electrons. The minimum atomic E-state index is -1.15. The summed E-state index contributed by atoms with van der Waals surface area (Å²) in [5.74, 6) is -1.15. The molecule has 1 aromatic rings. The molecule has 0 heterocycles. The molecule has 2 atom stereocenters. The van der Waals surface area contributed by atoms with Crippen LogP contribution in [0.25, 0.3) is 0 Å². The molecule has 1 aliphatic rings. The molecule has 114 valence electrons. The first-order valence-electron chi connectivity index (χ1n) is 6.84. The molecule has 0 aromatic heterocycles. The summed E-state index contributed by atoms with van der Waals surface area (Å²) in [5, 5.41) is 23.9. The SMILES string of the molecule is CSC1CCCCC1Nc1c(C(=O)O)cccc1[N+](=O)[O-]. The van der Waals surface area contributed by atoms with Crippen LogP contribution >= 0.6 is 11.8 Å². The molecule has 1 aromatic carbocycles. The van der Waals surface area contributed by atoms with E-state index in [1.807, 2.05) is 6.26 Å². The number of hydrogen-bond acceptors (Lipinski definition) is 5. The van der Waals surface area contributed by atoms with E-state index in [2.05, 4.69) is 5.32 Å². The lowest BCUT2D eigenvalue weighted by Gasteiger charge is -2.31. The number of carboxylic acid groups (broad SMARTS) is 1. The van der Waals surface area contributed by atoms with Crippen LogP contribution in [0.4, 0.5) is 11.4 Å². The molecule has 2 rings (SSSR count). The quantitative estimate of drug-likeness (QED) is 0.640. The van der Waals surface area contributed by atoms with E-state index in [1.165, 1.54) is 18.2 Å². The van der Waals surface area contributed by atoms with E-state index in [-0.39, 0.29) is 23.0 Å². The van der Waals surface area contributed by atoms with Gasteiger partial charge >= 0.3 is 5.97 Å². The van der Waals surface area contributed by atoms with Crippen molar-refractivity contribution in [3.63, 3.8) is 0 Å². The molecular weight excluding hydrogens is 292 g/mol. The monoisotopic (exact) mass is 310 g/mol.